The van der Waals surface area contributed by atoms with Gasteiger partial charge in [-0.2, -0.15) is 0 Å². The van der Waals surface area contributed by atoms with E-state index in [1.54, 1.807) is 35.6 Å². The molecule has 1 aromatic heterocycles. The summed E-state index contributed by atoms with van der Waals surface area (Å²) in [6.07, 6.45) is 0.129. The number of nitrogens with zero attached hydrogens (tertiary/aromatic N) is 1. The lowest BCUT2D eigenvalue weighted by molar-refractivity contribution is -0.121. The third-order valence-corrected chi connectivity index (χ3v) is 6.52. The zero-order valence-electron chi connectivity index (χ0n) is 15.3. The van der Waals surface area contributed by atoms with Gasteiger partial charge in [-0.25, -0.2) is 4.90 Å². The van der Waals surface area contributed by atoms with E-state index in [-0.39, 0.29) is 41.9 Å². The predicted molar refractivity (Wildman–Crippen MR) is 110 cm³/mol. The Bertz CT molecular complexity index is 806. The molecule has 5 nitrogen and oxygen atoms in total. The van der Waals surface area contributed by atoms with E-state index in [9.17, 15) is 14.4 Å². The monoisotopic (exact) mass is 402 g/mol. The van der Waals surface area contributed by atoms with Crippen LogP contribution < -0.4 is 10.2 Å². The van der Waals surface area contributed by atoms with Crippen molar-refractivity contribution in [2.75, 3.05) is 10.7 Å². The minimum Gasteiger partial charge on any atom is -0.348 e. The van der Waals surface area contributed by atoms with E-state index in [1.165, 1.54) is 16.7 Å². The van der Waals surface area contributed by atoms with Crippen molar-refractivity contribution in [1.82, 2.24) is 5.32 Å². The minimum absolute atomic E-state index is 0.0418. The largest absolute Gasteiger partial charge is 0.348 e. The Labute approximate surface area is 167 Å². The van der Waals surface area contributed by atoms with E-state index in [1.807, 2.05) is 23.6 Å². The molecule has 1 saturated heterocycles. The Morgan fingerprint density at radius 2 is 1.96 bits per heavy atom. The fourth-order valence-electron chi connectivity index (χ4n) is 3.01. The van der Waals surface area contributed by atoms with E-state index in [2.05, 4.69) is 19.2 Å². The SMILES string of the molecule is CC(C)[C@@H](NC(=O)CS[C@H]1CC(=O)N(c2ccccc2)C1=O)c1cccs1. The molecule has 27 heavy (non-hydrogen) atoms. The van der Waals surface area contributed by atoms with Crippen molar-refractivity contribution >= 4 is 46.5 Å². The number of thioether (sulfide) groups is 1. The quantitative estimate of drug-likeness (QED) is 0.718. The molecular formula is C20H22N2O3S2. The highest BCUT2D eigenvalue weighted by Crippen LogP contribution is 2.30. The molecule has 1 fully saturated rings. The number of carbonyl (C=O) groups is 3. The summed E-state index contributed by atoms with van der Waals surface area (Å²) in [4.78, 5) is 39.6. The van der Waals surface area contributed by atoms with E-state index in [0.717, 1.165) is 4.88 Å². The van der Waals surface area contributed by atoms with Crippen LogP contribution in [0.2, 0.25) is 0 Å². The average Bonchev–Trinajstić information content (AvgIpc) is 3.26. The first-order valence-electron chi connectivity index (χ1n) is 8.83. The number of thiophene rings is 1. The van der Waals surface area contributed by atoms with Gasteiger partial charge in [0, 0.05) is 11.3 Å². The van der Waals surface area contributed by atoms with Gasteiger partial charge in [-0.05, 0) is 29.5 Å². The molecule has 0 radical (unpaired) electrons. The molecule has 0 saturated carbocycles. The van der Waals surface area contributed by atoms with Crippen LogP contribution in [-0.2, 0) is 14.4 Å². The number of amides is 3. The molecule has 0 aliphatic carbocycles. The smallest absolute Gasteiger partial charge is 0.247 e. The molecule has 142 valence electrons. The van der Waals surface area contributed by atoms with Crippen LogP contribution in [-0.4, -0.2) is 28.7 Å². The van der Waals surface area contributed by atoms with Crippen LogP contribution in [0.25, 0.3) is 0 Å². The summed E-state index contributed by atoms with van der Waals surface area (Å²) in [5.41, 5.74) is 0.581. The molecule has 1 N–H and O–H groups in total. The average molecular weight is 403 g/mol. The standard InChI is InChI=1S/C20H22N2O3S2/c1-13(2)19(15-9-6-10-26-15)21-17(23)12-27-16-11-18(24)22(20(16)25)14-7-4-3-5-8-14/h3-10,13,16,19H,11-12H2,1-2H3,(H,21,23)/t16-,19+/m0/s1. The summed E-state index contributed by atoms with van der Waals surface area (Å²) in [6.45, 7) is 4.13. The van der Waals surface area contributed by atoms with E-state index in [0.29, 0.717) is 5.69 Å². The third kappa shape index (κ3) is 4.59. The number of para-hydroxylation sites is 1. The fraction of sp³-hybridized carbons (Fsp3) is 0.350. The van der Waals surface area contributed by atoms with E-state index < -0.39 is 5.25 Å². The van der Waals surface area contributed by atoms with Crippen LogP contribution in [0.5, 0.6) is 0 Å². The van der Waals surface area contributed by atoms with E-state index >= 15 is 0 Å². The summed E-state index contributed by atoms with van der Waals surface area (Å²) >= 11 is 2.85. The Hall–Kier alpha value is -2.12. The summed E-state index contributed by atoms with van der Waals surface area (Å²) in [6, 6.07) is 12.8. The number of nitrogens with one attached hydrogen (secondary N) is 1. The van der Waals surface area contributed by atoms with Gasteiger partial charge in [0.15, 0.2) is 0 Å². The van der Waals surface area contributed by atoms with Crippen molar-refractivity contribution in [3.05, 3.63) is 52.7 Å². The second kappa shape index (κ2) is 8.71. The van der Waals surface area contributed by atoms with Gasteiger partial charge >= 0.3 is 0 Å². The number of imide groups is 1. The van der Waals surface area contributed by atoms with Gasteiger partial charge in [0.25, 0.3) is 0 Å². The maximum Gasteiger partial charge on any atom is 0.247 e. The maximum absolute atomic E-state index is 12.6. The zero-order valence-corrected chi connectivity index (χ0v) is 16.9. The molecule has 2 atom stereocenters. The minimum atomic E-state index is -0.511. The van der Waals surface area contributed by atoms with Crippen LogP contribution in [0.1, 0.15) is 31.2 Å². The topological polar surface area (TPSA) is 66.5 Å². The fourth-order valence-corrected chi connectivity index (χ4v) is 4.90. The van der Waals surface area contributed by atoms with Crippen LogP contribution in [0.4, 0.5) is 5.69 Å². The van der Waals surface area contributed by atoms with Crippen LogP contribution in [0.3, 0.4) is 0 Å². The molecule has 1 aromatic carbocycles. The molecule has 0 unspecified atom stereocenters. The molecule has 1 aliphatic heterocycles. The maximum atomic E-state index is 12.6. The highest BCUT2D eigenvalue weighted by molar-refractivity contribution is 8.01. The number of hydrogen-bond acceptors (Lipinski definition) is 5. The summed E-state index contributed by atoms with van der Waals surface area (Å²) in [5.74, 6) is -0.169. The number of hydrogen-bond donors (Lipinski definition) is 1. The second-order valence-electron chi connectivity index (χ2n) is 6.71. The van der Waals surface area contributed by atoms with Gasteiger partial charge in [0.05, 0.1) is 22.7 Å². The van der Waals surface area contributed by atoms with Crippen molar-refractivity contribution in [3.63, 3.8) is 0 Å². The van der Waals surface area contributed by atoms with Crippen molar-refractivity contribution in [1.29, 1.82) is 0 Å². The molecule has 2 aromatic rings. The molecule has 1 aliphatic rings. The van der Waals surface area contributed by atoms with Gasteiger partial charge in [-0.1, -0.05) is 38.1 Å². The third-order valence-electron chi connectivity index (χ3n) is 4.37. The van der Waals surface area contributed by atoms with Crippen LogP contribution in [0, 0.1) is 5.92 Å². The summed E-state index contributed by atoms with van der Waals surface area (Å²) in [7, 11) is 0. The molecule has 2 heterocycles. The molecule has 7 heteroatoms. The number of rotatable bonds is 7. The zero-order chi connectivity index (χ0) is 19.4. The summed E-state index contributed by atoms with van der Waals surface area (Å²) < 4.78 is 0. The Kier molecular flexibility index (Phi) is 6.34. The lowest BCUT2D eigenvalue weighted by Crippen LogP contribution is -2.34. The number of carbonyl (C=O) groups excluding carboxylic acids is 3. The van der Waals surface area contributed by atoms with Gasteiger partial charge < -0.3 is 5.32 Å². The summed E-state index contributed by atoms with van der Waals surface area (Å²) in [5, 5.41) is 4.53. The lowest BCUT2D eigenvalue weighted by atomic mass is 10.0. The first-order valence-corrected chi connectivity index (χ1v) is 10.8. The molecule has 3 amide bonds. The van der Waals surface area contributed by atoms with Crippen molar-refractivity contribution in [2.24, 2.45) is 5.92 Å². The predicted octanol–water partition coefficient (Wildman–Crippen LogP) is 3.63. The number of benzene rings is 1. The van der Waals surface area contributed by atoms with Gasteiger partial charge in [-0.3, -0.25) is 14.4 Å². The van der Waals surface area contributed by atoms with E-state index in [4.69, 9.17) is 0 Å². The van der Waals surface area contributed by atoms with Crippen molar-refractivity contribution < 1.29 is 14.4 Å². The van der Waals surface area contributed by atoms with Crippen molar-refractivity contribution in [2.45, 2.75) is 31.6 Å². The van der Waals surface area contributed by atoms with Crippen LogP contribution in [0.15, 0.2) is 47.8 Å². The van der Waals surface area contributed by atoms with Crippen molar-refractivity contribution in [3.8, 4) is 0 Å². The molecule has 3 rings (SSSR count). The first-order chi connectivity index (χ1) is 13.0. The van der Waals surface area contributed by atoms with Crippen LogP contribution >= 0.6 is 23.1 Å². The van der Waals surface area contributed by atoms with Gasteiger partial charge in [0.2, 0.25) is 17.7 Å². The second-order valence-corrected chi connectivity index (χ2v) is 8.88. The molecule has 0 bridgehead atoms. The first kappa shape index (κ1) is 19.6. The number of anilines is 1. The Morgan fingerprint density at radius 1 is 1.22 bits per heavy atom. The normalized spacial score (nSPS) is 18.2. The molecule has 0 spiro atoms. The Morgan fingerprint density at radius 3 is 2.59 bits per heavy atom. The molecular weight excluding hydrogens is 380 g/mol. The highest BCUT2D eigenvalue weighted by Gasteiger charge is 2.40. The lowest BCUT2D eigenvalue weighted by Gasteiger charge is -2.21. The highest BCUT2D eigenvalue weighted by atomic mass is 32.2. The Balaban J connectivity index is 1.57. The van der Waals surface area contributed by atoms with Gasteiger partial charge in [0.1, 0.15) is 0 Å². The van der Waals surface area contributed by atoms with Gasteiger partial charge in [-0.15, -0.1) is 23.1 Å².